The summed E-state index contributed by atoms with van der Waals surface area (Å²) in [4.78, 5) is 19.9. The molecule has 1 aromatic carbocycles. The molecule has 0 aliphatic heterocycles. The number of hydrogen-bond donors (Lipinski definition) is 0. The minimum absolute atomic E-state index is 0.141. The van der Waals surface area contributed by atoms with E-state index in [2.05, 4.69) is 9.97 Å². The molecule has 92 valence electrons. The first-order valence-corrected chi connectivity index (χ1v) is 6.07. The third-order valence-electron chi connectivity index (χ3n) is 2.39. The Labute approximate surface area is 115 Å². The van der Waals surface area contributed by atoms with Gasteiger partial charge in [-0.2, -0.15) is 0 Å². The fourth-order valence-corrected chi connectivity index (χ4v) is 1.85. The fourth-order valence-electron chi connectivity index (χ4n) is 1.47. The molecular formula is C13H10Cl2N2O. The van der Waals surface area contributed by atoms with Gasteiger partial charge in [0.1, 0.15) is 0 Å². The Morgan fingerprint density at radius 1 is 1.22 bits per heavy atom. The van der Waals surface area contributed by atoms with E-state index in [9.17, 15) is 4.79 Å². The molecule has 5 heteroatoms. The van der Waals surface area contributed by atoms with Crippen LogP contribution in [-0.2, 0) is 6.42 Å². The third kappa shape index (κ3) is 3.06. The summed E-state index contributed by atoms with van der Waals surface area (Å²) >= 11 is 11.9. The van der Waals surface area contributed by atoms with Crippen LogP contribution in [-0.4, -0.2) is 15.8 Å². The van der Waals surface area contributed by atoms with Crippen molar-refractivity contribution >= 4 is 29.0 Å². The molecule has 2 aromatic rings. The summed E-state index contributed by atoms with van der Waals surface area (Å²) in [5, 5.41) is 1.06. The van der Waals surface area contributed by atoms with Gasteiger partial charge in [0, 0.05) is 28.9 Å². The number of benzene rings is 1. The number of halogens is 2. The Bertz CT molecular complexity index is 582. The number of aromatic nitrogens is 2. The van der Waals surface area contributed by atoms with Crippen LogP contribution >= 0.6 is 23.2 Å². The summed E-state index contributed by atoms with van der Waals surface area (Å²) < 4.78 is 0. The number of Topliss-reactive ketones (excluding diaryl/α,β-unsaturated/α-hetero) is 1. The van der Waals surface area contributed by atoms with Gasteiger partial charge < -0.3 is 0 Å². The van der Waals surface area contributed by atoms with Gasteiger partial charge in [-0.1, -0.05) is 23.2 Å². The van der Waals surface area contributed by atoms with E-state index in [0.717, 1.165) is 5.56 Å². The molecule has 0 amide bonds. The van der Waals surface area contributed by atoms with Crippen molar-refractivity contribution in [2.75, 3.05) is 0 Å². The highest BCUT2D eigenvalue weighted by atomic mass is 35.5. The smallest absolute Gasteiger partial charge is 0.204 e. The number of carbonyl (C=O) groups is 1. The Balaban J connectivity index is 2.21. The first-order valence-electron chi connectivity index (χ1n) is 5.32. The number of hydrogen-bond acceptors (Lipinski definition) is 3. The SMILES string of the molecule is Cc1cnc(C(=O)Cc2cc(Cl)ccc2Cl)nc1. The zero-order chi connectivity index (χ0) is 13.1. The molecule has 1 aromatic heterocycles. The molecule has 0 saturated carbocycles. The Hall–Kier alpha value is -1.45. The second kappa shape index (κ2) is 5.46. The molecule has 1 heterocycles. The van der Waals surface area contributed by atoms with Gasteiger partial charge in [-0.05, 0) is 36.2 Å². The molecule has 0 N–H and O–H groups in total. The molecule has 0 radical (unpaired) electrons. The maximum Gasteiger partial charge on any atom is 0.204 e. The largest absolute Gasteiger partial charge is 0.290 e. The van der Waals surface area contributed by atoms with Crippen LogP contribution in [0.1, 0.15) is 21.7 Å². The Kier molecular flexibility index (Phi) is 3.94. The zero-order valence-corrected chi connectivity index (χ0v) is 11.2. The van der Waals surface area contributed by atoms with Gasteiger partial charge in [-0.15, -0.1) is 0 Å². The second-order valence-corrected chi connectivity index (χ2v) is 4.76. The molecule has 0 atom stereocenters. The number of aryl methyl sites for hydroxylation is 1. The molecule has 0 spiro atoms. The lowest BCUT2D eigenvalue weighted by atomic mass is 10.1. The predicted octanol–water partition coefficient (Wildman–Crippen LogP) is 3.52. The van der Waals surface area contributed by atoms with Crippen molar-refractivity contribution in [1.82, 2.24) is 9.97 Å². The summed E-state index contributed by atoms with van der Waals surface area (Å²) in [7, 11) is 0. The molecule has 18 heavy (non-hydrogen) atoms. The molecule has 3 nitrogen and oxygen atoms in total. The monoisotopic (exact) mass is 280 g/mol. The fraction of sp³-hybridized carbons (Fsp3) is 0.154. The summed E-state index contributed by atoms with van der Waals surface area (Å²) in [6.07, 6.45) is 3.36. The molecule has 0 fully saturated rings. The van der Waals surface area contributed by atoms with Crippen LogP contribution in [0.3, 0.4) is 0 Å². The van der Waals surface area contributed by atoms with Crippen molar-refractivity contribution in [3.8, 4) is 0 Å². The van der Waals surface area contributed by atoms with Gasteiger partial charge in [0.15, 0.2) is 5.82 Å². The maximum atomic E-state index is 12.0. The van der Waals surface area contributed by atoms with Crippen LogP contribution in [0.2, 0.25) is 10.0 Å². The normalized spacial score (nSPS) is 10.4. The first kappa shape index (κ1) is 13.0. The molecule has 0 aliphatic carbocycles. The maximum absolute atomic E-state index is 12.0. The van der Waals surface area contributed by atoms with Gasteiger partial charge >= 0.3 is 0 Å². The number of rotatable bonds is 3. The Morgan fingerprint density at radius 3 is 2.56 bits per heavy atom. The van der Waals surface area contributed by atoms with E-state index in [4.69, 9.17) is 23.2 Å². The lowest BCUT2D eigenvalue weighted by Crippen LogP contribution is -2.08. The molecule has 2 rings (SSSR count). The van der Waals surface area contributed by atoms with E-state index in [1.807, 2.05) is 6.92 Å². The summed E-state index contributed by atoms with van der Waals surface area (Å²) in [6, 6.07) is 5.03. The van der Waals surface area contributed by atoms with Crippen molar-refractivity contribution in [3.05, 3.63) is 57.6 Å². The van der Waals surface area contributed by atoms with Crippen LogP contribution in [0.15, 0.2) is 30.6 Å². The highest BCUT2D eigenvalue weighted by Crippen LogP contribution is 2.21. The average molecular weight is 281 g/mol. The topological polar surface area (TPSA) is 42.9 Å². The van der Waals surface area contributed by atoms with E-state index >= 15 is 0 Å². The lowest BCUT2D eigenvalue weighted by molar-refractivity contribution is 0.0983. The molecule has 0 aliphatic rings. The summed E-state index contributed by atoms with van der Waals surface area (Å²) in [5.74, 6) is 0.0100. The number of carbonyl (C=O) groups excluding carboxylic acids is 1. The molecule has 0 saturated heterocycles. The summed E-state index contributed by atoms with van der Waals surface area (Å²) in [5.41, 5.74) is 1.59. The van der Waals surface area contributed by atoms with Crippen LogP contribution in [0.4, 0.5) is 0 Å². The second-order valence-electron chi connectivity index (χ2n) is 3.92. The molecule has 0 bridgehead atoms. The minimum atomic E-state index is -0.181. The highest BCUT2D eigenvalue weighted by Gasteiger charge is 2.12. The number of ketones is 1. The van der Waals surface area contributed by atoms with Crippen molar-refractivity contribution in [2.45, 2.75) is 13.3 Å². The lowest BCUT2D eigenvalue weighted by Gasteiger charge is -2.03. The van der Waals surface area contributed by atoms with Crippen LogP contribution < -0.4 is 0 Å². The zero-order valence-electron chi connectivity index (χ0n) is 9.65. The van der Waals surface area contributed by atoms with Gasteiger partial charge in [-0.25, -0.2) is 9.97 Å². The average Bonchev–Trinajstić information content (AvgIpc) is 2.34. The van der Waals surface area contributed by atoms with Crippen molar-refractivity contribution in [2.24, 2.45) is 0 Å². The standard InChI is InChI=1S/C13H10Cl2N2O/c1-8-6-16-13(17-7-8)12(18)5-9-4-10(14)2-3-11(9)15/h2-4,6-7H,5H2,1H3. The predicted molar refractivity (Wildman–Crippen MR) is 71.3 cm³/mol. The molecular weight excluding hydrogens is 271 g/mol. The number of nitrogens with zero attached hydrogens (tertiary/aromatic N) is 2. The van der Waals surface area contributed by atoms with Crippen LogP contribution in [0, 0.1) is 6.92 Å². The summed E-state index contributed by atoms with van der Waals surface area (Å²) in [6.45, 7) is 1.86. The third-order valence-corrected chi connectivity index (χ3v) is 2.99. The van der Waals surface area contributed by atoms with Gasteiger partial charge in [0.2, 0.25) is 5.78 Å². The minimum Gasteiger partial charge on any atom is -0.290 e. The van der Waals surface area contributed by atoms with Crippen molar-refractivity contribution in [3.63, 3.8) is 0 Å². The van der Waals surface area contributed by atoms with E-state index in [-0.39, 0.29) is 18.0 Å². The van der Waals surface area contributed by atoms with Gasteiger partial charge in [0.05, 0.1) is 0 Å². The molecule has 0 unspecified atom stereocenters. The van der Waals surface area contributed by atoms with E-state index in [1.54, 1.807) is 30.6 Å². The van der Waals surface area contributed by atoms with E-state index in [0.29, 0.717) is 15.6 Å². The quantitative estimate of drug-likeness (QED) is 0.808. The van der Waals surface area contributed by atoms with Gasteiger partial charge in [-0.3, -0.25) is 4.79 Å². The van der Waals surface area contributed by atoms with Crippen LogP contribution in [0.5, 0.6) is 0 Å². The van der Waals surface area contributed by atoms with Crippen LogP contribution in [0.25, 0.3) is 0 Å². The van der Waals surface area contributed by atoms with E-state index in [1.165, 1.54) is 0 Å². The highest BCUT2D eigenvalue weighted by molar-refractivity contribution is 6.33. The van der Waals surface area contributed by atoms with E-state index < -0.39 is 0 Å². The van der Waals surface area contributed by atoms with Crippen molar-refractivity contribution < 1.29 is 4.79 Å². The van der Waals surface area contributed by atoms with Gasteiger partial charge in [0.25, 0.3) is 0 Å². The Morgan fingerprint density at radius 2 is 1.89 bits per heavy atom. The van der Waals surface area contributed by atoms with Crippen molar-refractivity contribution in [1.29, 1.82) is 0 Å². The first-order chi connectivity index (χ1) is 8.56.